The maximum atomic E-state index is 10.9. The van der Waals surface area contributed by atoms with Gasteiger partial charge < -0.3 is 10.6 Å². The van der Waals surface area contributed by atoms with Crippen molar-refractivity contribution < 1.29 is 4.79 Å². The molecule has 50 valence electrons. The first-order chi connectivity index (χ1) is 4.36. The van der Waals surface area contributed by atoms with Gasteiger partial charge in [0, 0.05) is 6.04 Å². The largest absolute Gasteiger partial charge is 0.352 e. The fourth-order valence-corrected chi connectivity index (χ4v) is 1.55. The summed E-state index contributed by atoms with van der Waals surface area (Å²) < 4.78 is 0. The normalized spacial score (nSPS) is 40.7. The van der Waals surface area contributed by atoms with Crippen molar-refractivity contribution in [3.8, 4) is 0 Å². The van der Waals surface area contributed by atoms with Gasteiger partial charge >= 0.3 is 0 Å². The molecule has 0 aromatic carbocycles. The number of fused-ring (bicyclic) bond motifs is 2. The van der Waals surface area contributed by atoms with Gasteiger partial charge in [0.25, 0.3) is 0 Å². The van der Waals surface area contributed by atoms with Gasteiger partial charge in [-0.15, -0.1) is 0 Å². The Labute approximate surface area is 53.8 Å². The Morgan fingerprint density at radius 2 is 2.44 bits per heavy atom. The third kappa shape index (κ3) is 0.721. The molecule has 2 N–H and O–H groups in total. The Kier molecular flexibility index (Phi) is 0.990. The van der Waals surface area contributed by atoms with Crippen LogP contribution in [0, 0.1) is 0 Å². The van der Waals surface area contributed by atoms with Crippen LogP contribution >= 0.6 is 0 Å². The molecule has 0 saturated carbocycles. The number of amides is 1. The molecule has 0 spiro atoms. The zero-order chi connectivity index (χ0) is 6.27. The SMILES string of the molecule is O=C1NC2CCNC1C2. The van der Waals surface area contributed by atoms with Crippen LogP contribution in [0.5, 0.6) is 0 Å². The van der Waals surface area contributed by atoms with Gasteiger partial charge in [-0.1, -0.05) is 0 Å². The number of carbonyl (C=O) groups excluding carboxylic acids is 1. The third-order valence-corrected chi connectivity index (χ3v) is 2.07. The van der Waals surface area contributed by atoms with Gasteiger partial charge in [-0.2, -0.15) is 0 Å². The summed E-state index contributed by atoms with van der Waals surface area (Å²) in [5, 5.41) is 6.06. The molecule has 2 unspecified atom stereocenters. The lowest BCUT2D eigenvalue weighted by molar-refractivity contribution is -0.120. The van der Waals surface area contributed by atoms with Crippen LogP contribution < -0.4 is 10.6 Å². The summed E-state index contributed by atoms with van der Waals surface area (Å²) in [6, 6.07) is 0.604. The predicted octanol–water partition coefficient (Wildman–Crippen LogP) is -0.763. The number of nitrogens with one attached hydrogen (secondary N) is 2. The molecule has 2 saturated heterocycles. The van der Waals surface area contributed by atoms with Gasteiger partial charge in [0.05, 0.1) is 6.04 Å². The van der Waals surface area contributed by atoms with E-state index in [1.165, 1.54) is 0 Å². The minimum atomic E-state index is 0.128. The number of carbonyl (C=O) groups is 1. The minimum Gasteiger partial charge on any atom is -0.352 e. The summed E-state index contributed by atoms with van der Waals surface area (Å²) in [4.78, 5) is 10.9. The van der Waals surface area contributed by atoms with Crippen LogP contribution in [0.3, 0.4) is 0 Å². The first-order valence-electron chi connectivity index (χ1n) is 3.40. The van der Waals surface area contributed by atoms with Crippen molar-refractivity contribution in [1.29, 1.82) is 0 Å². The van der Waals surface area contributed by atoms with Gasteiger partial charge in [-0.3, -0.25) is 4.79 Å². The second kappa shape index (κ2) is 1.70. The van der Waals surface area contributed by atoms with Crippen LogP contribution in [-0.2, 0) is 4.79 Å². The molecular formula is C6H10N2O. The van der Waals surface area contributed by atoms with E-state index >= 15 is 0 Å². The highest BCUT2D eigenvalue weighted by molar-refractivity contribution is 5.84. The predicted molar refractivity (Wildman–Crippen MR) is 33.0 cm³/mol. The Morgan fingerprint density at radius 3 is 3.11 bits per heavy atom. The van der Waals surface area contributed by atoms with Crippen LogP contribution in [-0.4, -0.2) is 24.5 Å². The topological polar surface area (TPSA) is 41.1 Å². The molecule has 3 nitrogen and oxygen atoms in total. The summed E-state index contributed by atoms with van der Waals surface area (Å²) in [6.45, 7) is 0.994. The Hall–Kier alpha value is -0.570. The molecule has 2 rings (SSSR count). The average molecular weight is 126 g/mol. The van der Waals surface area contributed by atoms with Gasteiger partial charge in [0.2, 0.25) is 5.91 Å². The standard InChI is InChI=1S/C6H10N2O/c9-6-5-3-4(8-6)1-2-7-5/h4-5,7H,1-3H2,(H,8,9). The molecule has 2 atom stereocenters. The van der Waals surface area contributed by atoms with Crippen molar-refractivity contribution in [3.05, 3.63) is 0 Å². The number of rotatable bonds is 0. The number of piperidine rings is 1. The van der Waals surface area contributed by atoms with E-state index in [-0.39, 0.29) is 11.9 Å². The fourth-order valence-electron chi connectivity index (χ4n) is 1.55. The van der Waals surface area contributed by atoms with Crippen LogP contribution in [0.4, 0.5) is 0 Å². The molecule has 2 heterocycles. The summed E-state index contributed by atoms with van der Waals surface area (Å²) >= 11 is 0. The summed E-state index contributed by atoms with van der Waals surface area (Å²) in [5.74, 6) is 0.192. The molecule has 0 radical (unpaired) electrons. The molecule has 0 aliphatic carbocycles. The van der Waals surface area contributed by atoms with Gasteiger partial charge in [-0.05, 0) is 19.4 Å². The third-order valence-electron chi connectivity index (χ3n) is 2.07. The maximum Gasteiger partial charge on any atom is 0.237 e. The van der Waals surface area contributed by atoms with Crippen molar-refractivity contribution in [1.82, 2.24) is 10.6 Å². The molecule has 0 aromatic heterocycles. The molecule has 2 bridgehead atoms. The van der Waals surface area contributed by atoms with Gasteiger partial charge in [0.15, 0.2) is 0 Å². The minimum absolute atomic E-state index is 0.128. The lowest BCUT2D eigenvalue weighted by Gasteiger charge is -2.16. The zero-order valence-electron chi connectivity index (χ0n) is 5.18. The molecule has 3 heteroatoms. The Morgan fingerprint density at radius 1 is 1.56 bits per heavy atom. The first kappa shape index (κ1) is 5.23. The molecule has 1 amide bonds. The highest BCUT2D eigenvalue weighted by Gasteiger charge is 2.34. The van der Waals surface area contributed by atoms with E-state index in [2.05, 4.69) is 10.6 Å². The van der Waals surface area contributed by atoms with Crippen molar-refractivity contribution in [2.24, 2.45) is 0 Å². The van der Waals surface area contributed by atoms with Gasteiger partial charge in [-0.25, -0.2) is 0 Å². The molecule has 2 aliphatic heterocycles. The first-order valence-corrected chi connectivity index (χ1v) is 3.40. The second-order valence-corrected chi connectivity index (χ2v) is 2.74. The summed E-state index contributed by atoms with van der Waals surface area (Å²) in [7, 11) is 0. The van der Waals surface area contributed by atoms with Crippen LogP contribution in [0.25, 0.3) is 0 Å². The van der Waals surface area contributed by atoms with Gasteiger partial charge in [0.1, 0.15) is 0 Å². The quantitative estimate of drug-likeness (QED) is 0.448. The van der Waals surface area contributed by atoms with Crippen LogP contribution in [0.1, 0.15) is 12.8 Å². The molecule has 9 heavy (non-hydrogen) atoms. The van der Waals surface area contributed by atoms with E-state index in [0.29, 0.717) is 6.04 Å². The zero-order valence-corrected chi connectivity index (χ0v) is 5.18. The fraction of sp³-hybridized carbons (Fsp3) is 0.833. The van der Waals surface area contributed by atoms with E-state index in [9.17, 15) is 4.79 Å². The summed E-state index contributed by atoms with van der Waals surface area (Å²) in [5.41, 5.74) is 0. The van der Waals surface area contributed by atoms with E-state index in [1.807, 2.05) is 0 Å². The number of hydrogen-bond acceptors (Lipinski definition) is 2. The maximum absolute atomic E-state index is 10.9. The smallest absolute Gasteiger partial charge is 0.237 e. The van der Waals surface area contributed by atoms with Crippen molar-refractivity contribution in [2.45, 2.75) is 24.9 Å². The van der Waals surface area contributed by atoms with Crippen molar-refractivity contribution in [3.63, 3.8) is 0 Å². The van der Waals surface area contributed by atoms with E-state index in [0.717, 1.165) is 19.4 Å². The lowest BCUT2D eigenvalue weighted by Crippen LogP contribution is -2.36. The molecule has 2 fully saturated rings. The highest BCUT2D eigenvalue weighted by Crippen LogP contribution is 2.14. The average Bonchev–Trinajstić information content (AvgIpc) is 2.09. The van der Waals surface area contributed by atoms with E-state index < -0.39 is 0 Å². The molecule has 2 aliphatic rings. The Balaban J connectivity index is 2.15. The van der Waals surface area contributed by atoms with Crippen LogP contribution in [0.2, 0.25) is 0 Å². The monoisotopic (exact) mass is 126 g/mol. The highest BCUT2D eigenvalue weighted by atomic mass is 16.2. The second-order valence-electron chi connectivity index (χ2n) is 2.74. The molecule has 0 aromatic rings. The summed E-state index contributed by atoms with van der Waals surface area (Å²) in [6.07, 6.45) is 2.10. The van der Waals surface area contributed by atoms with E-state index in [4.69, 9.17) is 0 Å². The van der Waals surface area contributed by atoms with Crippen molar-refractivity contribution in [2.75, 3.05) is 6.54 Å². The molecular weight excluding hydrogens is 116 g/mol. The lowest BCUT2D eigenvalue weighted by atomic mass is 10.1. The van der Waals surface area contributed by atoms with E-state index in [1.54, 1.807) is 0 Å². The Bertz CT molecular complexity index is 146. The van der Waals surface area contributed by atoms with Crippen molar-refractivity contribution >= 4 is 5.91 Å². The number of hydrogen-bond donors (Lipinski definition) is 2. The van der Waals surface area contributed by atoms with Crippen LogP contribution in [0.15, 0.2) is 0 Å².